The molecule has 19 heavy (non-hydrogen) atoms. The van der Waals surface area contributed by atoms with Crippen LogP contribution in [0, 0.1) is 0 Å². The maximum Gasteiger partial charge on any atom is 0.254 e. The van der Waals surface area contributed by atoms with Crippen molar-refractivity contribution < 1.29 is 4.79 Å². The third kappa shape index (κ3) is 4.06. The van der Waals surface area contributed by atoms with Crippen LogP contribution in [0.4, 0.5) is 0 Å². The highest BCUT2D eigenvalue weighted by Crippen LogP contribution is 2.19. The van der Waals surface area contributed by atoms with Crippen LogP contribution in [0.25, 0.3) is 0 Å². The molecular formula is C14H26N4O. The van der Waals surface area contributed by atoms with Gasteiger partial charge in [0.15, 0.2) is 0 Å². The molecule has 1 heterocycles. The van der Waals surface area contributed by atoms with E-state index in [0.717, 1.165) is 25.2 Å². The van der Waals surface area contributed by atoms with Crippen LogP contribution >= 0.6 is 0 Å². The molecule has 1 aromatic rings. The fourth-order valence-electron chi connectivity index (χ4n) is 2.02. The lowest BCUT2D eigenvalue weighted by Crippen LogP contribution is -2.32. The highest BCUT2D eigenvalue weighted by Gasteiger charge is 2.22. The van der Waals surface area contributed by atoms with Crippen molar-refractivity contribution in [3.05, 3.63) is 17.5 Å². The molecule has 2 N–H and O–H groups in total. The van der Waals surface area contributed by atoms with E-state index in [2.05, 4.69) is 43.4 Å². The van der Waals surface area contributed by atoms with Crippen LogP contribution in [-0.2, 0) is 12.0 Å². The standard InChI is InChI=1S/C14H26N4O/c1-6-12-11(10-17-18(12)14(3,4)5)13(19)16-9-8-15-7-2/h10,15H,6-9H2,1-5H3,(H,16,19). The maximum atomic E-state index is 12.1. The smallest absolute Gasteiger partial charge is 0.254 e. The summed E-state index contributed by atoms with van der Waals surface area (Å²) in [5.74, 6) is -0.0368. The van der Waals surface area contributed by atoms with Crippen LogP contribution in [0.1, 0.15) is 50.7 Å². The van der Waals surface area contributed by atoms with E-state index in [-0.39, 0.29) is 11.4 Å². The summed E-state index contributed by atoms with van der Waals surface area (Å²) in [6.45, 7) is 12.7. The fraction of sp³-hybridized carbons (Fsp3) is 0.714. The first-order chi connectivity index (χ1) is 8.91. The average molecular weight is 266 g/mol. The number of hydrogen-bond donors (Lipinski definition) is 2. The molecular weight excluding hydrogens is 240 g/mol. The van der Waals surface area contributed by atoms with Gasteiger partial charge in [-0.25, -0.2) is 0 Å². The second kappa shape index (κ2) is 6.70. The number of nitrogens with zero attached hydrogens (tertiary/aromatic N) is 2. The van der Waals surface area contributed by atoms with Gasteiger partial charge in [-0.05, 0) is 33.7 Å². The normalized spacial score (nSPS) is 11.6. The topological polar surface area (TPSA) is 58.9 Å². The molecule has 5 nitrogen and oxygen atoms in total. The summed E-state index contributed by atoms with van der Waals surface area (Å²) in [5.41, 5.74) is 1.58. The number of carbonyl (C=O) groups excluding carboxylic acids is 1. The molecule has 0 aliphatic rings. The van der Waals surface area contributed by atoms with Gasteiger partial charge in [-0.3, -0.25) is 9.48 Å². The van der Waals surface area contributed by atoms with Gasteiger partial charge in [0, 0.05) is 13.1 Å². The molecule has 0 fully saturated rings. The molecule has 1 rings (SSSR count). The van der Waals surface area contributed by atoms with Gasteiger partial charge >= 0.3 is 0 Å². The van der Waals surface area contributed by atoms with Crippen LogP contribution in [0.15, 0.2) is 6.20 Å². The summed E-state index contributed by atoms with van der Waals surface area (Å²) in [5, 5.41) is 10.5. The highest BCUT2D eigenvalue weighted by molar-refractivity contribution is 5.95. The first-order valence-corrected chi connectivity index (χ1v) is 6.98. The van der Waals surface area contributed by atoms with Gasteiger partial charge in [0.1, 0.15) is 0 Å². The molecule has 0 spiro atoms. The Morgan fingerprint density at radius 2 is 2.00 bits per heavy atom. The van der Waals surface area contributed by atoms with Gasteiger partial charge in [0.2, 0.25) is 0 Å². The van der Waals surface area contributed by atoms with Crippen molar-refractivity contribution in [3.8, 4) is 0 Å². The first kappa shape index (κ1) is 15.7. The summed E-state index contributed by atoms with van der Waals surface area (Å²) in [4.78, 5) is 12.1. The zero-order valence-corrected chi connectivity index (χ0v) is 12.7. The number of hydrogen-bond acceptors (Lipinski definition) is 3. The number of rotatable bonds is 6. The van der Waals surface area contributed by atoms with Crippen molar-refractivity contribution in [2.45, 2.75) is 46.6 Å². The number of likely N-dealkylation sites (N-methyl/N-ethyl adjacent to an activating group) is 1. The van der Waals surface area contributed by atoms with Crippen molar-refractivity contribution in [2.24, 2.45) is 0 Å². The minimum Gasteiger partial charge on any atom is -0.351 e. The largest absolute Gasteiger partial charge is 0.351 e. The lowest BCUT2D eigenvalue weighted by molar-refractivity contribution is 0.0952. The van der Waals surface area contributed by atoms with Crippen LogP contribution in [0.3, 0.4) is 0 Å². The Kier molecular flexibility index (Phi) is 5.54. The molecule has 0 radical (unpaired) electrons. The van der Waals surface area contributed by atoms with E-state index in [0.29, 0.717) is 12.1 Å². The van der Waals surface area contributed by atoms with Gasteiger partial charge in [0.05, 0.1) is 23.0 Å². The molecule has 0 atom stereocenters. The number of carbonyl (C=O) groups is 1. The SMILES string of the molecule is CCNCCNC(=O)c1cnn(C(C)(C)C)c1CC. The number of amides is 1. The molecule has 0 aliphatic carbocycles. The van der Waals surface area contributed by atoms with Crippen LogP contribution < -0.4 is 10.6 Å². The number of nitrogens with one attached hydrogen (secondary N) is 2. The molecule has 0 bridgehead atoms. The second-order valence-corrected chi connectivity index (χ2v) is 5.55. The Morgan fingerprint density at radius 3 is 2.53 bits per heavy atom. The Morgan fingerprint density at radius 1 is 1.32 bits per heavy atom. The van der Waals surface area contributed by atoms with E-state index >= 15 is 0 Å². The highest BCUT2D eigenvalue weighted by atomic mass is 16.1. The van der Waals surface area contributed by atoms with Crippen LogP contribution in [0.5, 0.6) is 0 Å². The minimum absolute atomic E-state index is 0.0368. The Hall–Kier alpha value is -1.36. The molecule has 0 aromatic carbocycles. The average Bonchev–Trinajstić information content (AvgIpc) is 2.77. The summed E-state index contributed by atoms with van der Waals surface area (Å²) in [6.07, 6.45) is 2.47. The molecule has 0 unspecified atom stereocenters. The van der Waals surface area contributed by atoms with E-state index in [1.165, 1.54) is 0 Å². The summed E-state index contributed by atoms with van der Waals surface area (Å²) >= 11 is 0. The van der Waals surface area contributed by atoms with Crippen LogP contribution in [-0.4, -0.2) is 35.3 Å². The maximum absolute atomic E-state index is 12.1. The van der Waals surface area contributed by atoms with Crippen molar-refractivity contribution in [3.63, 3.8) is 0 Å². The monoisotopic (exact) mass is 266 g/mol. The van der Waals surface area contributed by atoms with Crippen molar-refractivity contribution in [1.82, 2.24) is 20.4 Å². The minimum atomic E-state index is -0.104. The van der Waals surface area contributed by atoms with Crippen molar-refractivity contribution in [2.75, 3.05) is 19.6 Å². The van der Waals surface area contributed by atoms with E-state index in [1.54, 1.807) is 6.20 Å². The Labute approximate surface area is 115 Å². The zero-order chi connectivity index (χ0) is 14.5. The first-order valence-electron chi connectivity index (χ1n) is 6.98. The summed E-state index contributed by atoms with van der Waals surface area (Å²) < 4.78 is 1.94. The second-order valence-electron chi connectivity index (χ2n) is 5.55. The van der Waals surface area contributed by atoms with Gasteiger partial charge in [-0.1, -0.05) is 13.8 Å². The molecule has 108 valence electrons. The molecule has 0 saturated heterocycles. The van der Waals surface area contributed by atoms with Gasteiger partial charge in [-0.15, -0.1) is 0 Å². The molecule has 1 aromatic heterocycles. The predicted octanol–water partition coefficient (Wildman–Crippen LogP) is 1.54. The van der Waals surface area contributed by atoms with Gasteiger partial charge in [-0.2, -0.15) is 5.10 Å². The Bertz CT molecular complexity index is 418. The van der Waals surface area contributed by atoms with E-state index in [1.807, 2.05) is 11.6 Å². The lowest BCUT2D eigenvalue weighted by Gasteiger charge is -2.22. The fourth-order valence-corrected chi connectivity index (χ4v) is 2.02. The van der Waals surface area contributed by atoms with Crippen molar-refractivity contribution in [1.29, 1.82) is 0 Å². The van der Waals surface area contributed by atoms with E-state index in [4.69, 9.17) is 0 Å². The lowest BCUT2D eigenvalue weighted by atomic mass is 10.1. The van der Waals surface area contributed by atoms with Gasteiger partial charge < -0.3 is 10.6 Å². The zero-order valence-electron chi connectivity index (χ0n) is 12.7. The number of aromatic nitrogens is 2. The molecule has 1 amide bonds. The molecule has 5 heteroatoms. The Balaban J connectivity index is 2.78. The summed E-state index contributed by atoms with van der Waals surface area (Å²) in [7, 11) is 0. The van der Waals surface area contributed by atoms with E-state index < -0.39 is 0 Å². The van der Waals surface area contributed by atoms with Crippen molar-refractivity contribution >= 4 is 5.91 Å². The van der Waals surface area contributed by atoms with Crippen LogP contribution in [0.2, 0.25) is 0 Å². The third-order valence-electron chi connectivity index (χ3n) is 2.92. The van der Waals surface area contributed by atoms with Gasteiger partial charge in [0.25, 0.3) is 5.91 Å². The molecule has 0 saturated carbocycles. The van der Waals surface area contributed by atoms with E-state index in [9.17, 15) is 4.79 Å². The predicted molar refractivity (Wildman–Crippen MR) is 77.5 cm³/mol. The quantitative estimate of drug-likeness (QED) is 0.768. The summed E-state index contributed by atoms with van der Waals surface area (Å²) in [6, 6.07) is 0. The molecule has 0 aliphatic heterocycles. The third-order valence-corrected chi connectivity index (χ3v) is 2.92.